The molecule has 0 radical (unpaired) electrons. The SMILES string of the molecule is CCNC(CCc1ccc(C)c(Cl)c1)C1CC1. The van der Waals surface area contributed by atoms with Crippen molar-refractivity contribution < 1.29 is 0 Å². The summed E-state index contributed by atoms with van der Waals surface area (Å²) in [5.74, 6) is 0.927. The lowest BCUT2D eigenvalue weighted by molar-refractivity contribution is 0.446. The molecular weight excluding hydrogens is 230 g/mol. The van der Waals surface area contributed by atoms with Crippen LogP contribution in [0.15, 0.2) is 18.2 Å². The lowest BCUT2D eigenvalue weighted by atomic mass is 10.0. The molecule has 1 aliphatic carbocycles. The average molecular weight is 252 g/mol. The monoisotopic (exact) mass is 251 g/mol. The fourth-order valence-electron chi connectivity index (χ4n) is 2.38. The van der Waals surface area contributed by atoms with Crippen LogP contribution in [0.25, 0.3) is 0 Å². The van der Waals surface area contributed by atoms with E-state index >= 15 is 0 Å². The molecule has 1 aliphatic rings. The Morgan fingerprint density at radius 3 is 2.76 bits per heavy atom. The maximum absolute atomic E-state index is 6.15. The lowest BCUT2D eigenvalue weighted by Crippen LogP contribution is -2.31. The maximum Gasteiger partial charge on any atom is 0.0437 e. The van der Waals surface area contributed by atoms with Gasteiger partial charge in [0.15, 0.2) is 0 Å². The van der Waals surface area contributed by atoms with Gasteiger partial charge in [-0.15, -0.1) is 0 Å². The zero-order valence-electron chi connectivity index (χ0n) is 10.8. The maximum atomic E-state index is 6.15. The molecule has 0 saturated heterocycles. The predicted octanol–water partition coefficient (Wildman–Crippen LogP) is 3.97. The Balaban J connectivity index is 1.89. The second-order valence-electron chi connectivity index (χ2n) is 5.12. The highest BCUT2D eigenvalue weighted by molar-refractivity contribution is 6.31. The first-order valence-electron chi connectivity index (χ1n) is 6.69. The molecule has 1 N–H and O–H groups in total. The van der Waals surface area contributed by atoms with Crippen molar-refractivity contribution in [3.05, 3.63) is 34.3 Å². The molecule has 1 saturated carbocycles. The van der Waals surface area contributed by atoms with Crippen molar-refractivity contribution in [1.29, 1.82) is 0 Å². The first-order chi connectivity index (χ1) is 8.20. The summed E-state index contributed by atoms with van der Waals surface area (Å²) in [6.45, 7) is 5.33. The van der Waals surface area contributed by atoms with Gasteiger partial charge in [0, 0.05) is 11.1 Å². The molecule has 1 fully saturated rings. The lowest BCUT2D eigenvalue weighted by Gasteiger charge is -2.17. The van der Waals surface area contributed by atoms with Crippen molar-refractivity contribution in [2.45, 2.75) is 45.6 Å². The Kier molecular flexibility index (Phi) is 4.47. The molecule has 0 aliphatic heterocycles. The number of hydrogen-bond acceptors (Lipinski definition) is 1. The number of rotatable bonds is 6. The van der Waals surface area contributed by atoms with E-state index in [0.29, 0.717) is 6.04 Å². The van der Waals surface area contributed by atoms with Crippen LogP contribution < -0.4 is 5.32 Å². The summed E-state index contributed by atoms with van der Waals surface area (Å²) >= 11 is 6.15. The van der Waals surface area contributed by atoms with Gasteiger partial charge in [0.2, 0.25) is 0 Å². The van der Waals surface area contributed by atoms with E-state index in [9.17, 15) is 0 Å². The Bertz CT molecular complexity index is 371. The van der Waals surface area contributed by atoms with E-state index in [1.807, 2.05) is 0 Å². The Labute approximate surface area is 110 Å². The van der Waals surface area contributed by atoms with Crippen molar-refractivity contribution in [3.63, 3.8) is 0 Å². The first kappa shape index (κ1) is 12.9. The second kappa shape index (κ2) is 5.88. The first-order valence-corrected chi connectivity index (χ1v) is 7.07. The van der Waals surface area contributed by atoms with Crippen molar-refractivity contribution in [2.75, 3.05) is 6.54 Å². The van der Waals surface area contributed by atoms with Gasteiger partial charge in [-0.2, -0.15) is 0 Å². The van der Waals surface area contributed by atoms with Crippen LogP contribution in [-0.4, -0.2) is 12.6 Å². The molecule has 1 atom stereocenters. The predicted molar refractivity (Wildman–Crippen MR) is 74.7 cm³/mol. The van der Waals surface area contributed by atoms with E-state index in [-0.39, 0.29) is 0 Å². The van der Waals surface area contributed by atoms with Gasteiger partial charge in [-0.1, -0.05) is 30.7 Å². The van der Waals surface area contributed by atoms with E-state index in [4.69, 9.17) is 11.6 Å². The highest BCUT2D eigenvalue weighted by Crippen LogP contribution is 2.34. The van der Waals surface area contributed by atoms with Gasteiger partial charge in [0.05, 0.1) is 0 Å². The van der Waals surface area contributed by atoms with Gasteiger partial charge in [0.25, 0.3) is 0 Å². The third-order valence-electron chi connectivity index (χ3n) is 3.64. The van der Waals surface area contributed by atoms with E-state index in [1.165, 1.54) is 30.4 Å². The smallest absolute Gasteiger partial charge is 0.0437 e. The van der Waals surface area contributed by atoms with Crippen LogP contribution in [0.2, 0.25) is 5.02 Å². The number of aryl methyl sites for hydroxylation is 2. The van der Waals surface area contributed by atoms with Crippen LogP contribution in [0.5, 0.6) is 0 Å². The quantitative estimate of drug-likeness (QED) is 0.807. The van der Waals surface area contributed by atoms with Gasteiger partial charge < -0.3 is 5.32 Å². The number of benzene rings is 1. The van der Waals surface area contributed by atoms with Crippen molar-refractivity contribution in [3.8, 4) is 0 Å². The topological polar surface area (TPSA) is 12.0 Å². The highest BCUT2D eigenvalue weighted by Gasteiger charge is 2.29. The minimum atomic E-state index is 0.708. The van der Waals surface area contributed by atoms with Crippen LogP contribution in [0, 0.1) is 12.8 Å². The summed E-state index contributed by atoms with van der Waals surface area (Å²) in [6, 6.07) is 7.15. The van der Waals surface area contributed by atoms with Gasteiger partial charge in [-0.25, -0.2) is 0 Å². The van der Waals surface area contributed by atoms with Crippen LogP contribution >= 0.6 is 11.6 Å². The fraction of sp³-hybridized carbons (Fsp3) is 0.600. The number of hydrogen-bond donors (Lipinski definition) is 1. The van der Waals surface area contributed by atoms with Crippen LogP contribution in [0.3, 0.4) is 0 Å². The molecule has 94 valence electrons. The molecule has 1 aromatic rings. The standard InChI is InChI=1S/C15H22ClN/c1-3-17-15(13-7-8-13)9-6-12-5-4-11(2)14(16)10-12/h4-5,10,13,15,17H,3,6-9H2,1-2H3. The van der Waals surface area contributed by atoms with Crippen molar-refractivity contribution in [1.82, 2.24) is 5.32 Å². The molecule has 0 bridgehead atoms. The summed E-state index contributed by atoms with van der Waals surface area (Å²) in [4.78, 5) is 0. The molecule has 0 aromatic heterocycles. The van der Waals surface area contributed by atoms with Gasteiger partial charge in [-0.3, -0.25) is 0 Å². The van der Waals surface area contributed by atoms with E-state index < -0.39 is 0 Å². The summed E-state index contributed by atoms with van der Waals surface area (Å²) in [5, 5.41) is 4.50. The molecule has 1 nitrogen and oxygen atoms in total. The fourth-order valence-corrected chi connectivity index (χ4v) is 2.58. The Morgan fingerprint density at radius 1 is 1.41 bits per heavy atom. The van der Waals surface area contributed by atoms with E-state index in [0.717, 1.165) is 23.9 Å². The van der Waals surface area contributed by atoms with Crippen LogP contribution in [0.4, 0.5) is 0 Å². The van der Waals surface area contributed by atoms with Gasteiger partial charge >= 0.3 is 0 Å². The summed E-state index contributed by atoms with van der Waals surface area (Å²) in [6.07, 6.45) is 5.19. The largest absolute Gasteiger partial charge is 0.314 e. The molecule has 17 heavy (non-hydrogen) atoms. The van der Waals surface area contributed by atoms with Gasteiger partial charge in [0.1, 0.15) is 0 Å². The van der Waals surface area contributed by atoms with Gasteiger partial charge in [-0.05, 0) is 62.3 Å². The average Bonchev–Trinajstić information content (AvgIpc) is 3.13. The summed E-state index contributed by atoms with van der Waals surface area (Å²) in [7, 11) is 0. The molecule has 0 spiro atoms. The van der Waals surface area contributed by atoms with Crippen molar-refractivity contribution in [2.24, 2.45) is 5.92 Å². The molecule has 1 aromatic carbocycles. The van der Waals surface area contributed by atoms with E-state index in [2.05, 4.69) is 37.4 Å². The van der Waals surface area contributed by atoms with Crippen molar-refractivity contribution >= 4 is 11.6 Å². The molecule has 0 amide bonds. The second-order valence-corrected chi connectivity index (χ2v) is 5.53. The Morgan fingerprint density at radius 2 is 2.18 bits per heavy atom. The molecular formula is C15H22ClN. The zero-order valence-corrected chi connectivity index (χ0v) is 11.6. The minimum Gasteiger partial charge on any atom is -0.314 e. The third-order valence-corrected chi connectivity index (χ3v) is 4.04. The number of nitrogens with one attached hydrogen (secondary N) is 1. The zero-order chi connectivity index (χ0) is 12.3. The van der Waals surface area contributed by atoms with E-state index in [1.54, 1.807) is 0 Å². The molecule has 2 heteroatoms. The molecule has 1 unspecified atom stereocenters. The molecule has 0 heterocycles. The normalized spacial score (nSPS) is 17.1. The Hall–Kier alpha value is -0.530. The summed E-state index contributed by atoms with van der Waals surface area (Å²) < 4.78 is 0. The van der Waals surface area contributed by atoms with Crippen LogP contribution in [0.1, 0.15) is 37.3 Å². The summed E-state index contributed by atoms with van der Waals surface area (Å²) in [5.41, 5.74) is 2.53. The number of halogens is 1. The molecule has 2 rings (SSSR count). The highest BCUT2D eigenvalue weighted by atomic mass is 35.5. The minimum absolute atomic E-state index is 0.708. The third kappa shape index (κ3) is 3.72. The van der Waals surface area contributed by atoms with Crippen LogP contribution in [-0.2, 0) is 6.42 Å².